The molecule has 0 aliphatic rings. The number of sulfonamides is 2. The highest BCUT2D eigenvalue weighted by molar-refractivity contribution is 8.13. The van der Waals surface area contributed by atoms with E-state index in [0.717, 1.165) is 16.1 Å². The van der Waals surface area contributed by atoms with Gasteiger partial charge in [0.1, 0.15) is 0 Å². The van der Waals surface area contributed by atoms with Crippen LogP contribution in [0.1, 0.15) is 56.6 Å². The maximum Gasteiger partial charge on any atom is 0.480 e. The third kappa shape index (κ3) is 14.4. The van der Waals surface area contributed by atoms with Crippen LogP contribution in [0.15, 0.2) is 47.7 Å². The first-order valence-electron chi connectivity index (χ1n) is 13.3. The van der Waals surface area contributed by atoms with E-state index in [2.05, 4.69) is 29.4 Å². The largest absolute Gasteiger partial charge is 0.480 e. The summed E-state index contributed by atoms with van der Waals surface area (Å²) in [5.41, 5.74) is -9.25. The number of nitrogens with one attached hydrogen (secondary N) is 1. The molecule has 0 unspecified atom stereocenters. The molecule has 1 aromatic carbocycles. The van der Waals surface area contributed by atoms with Gasteiger partial charge in [0.15, 0.2) is 45.6 Å². The van der Waals surface area contributed by atoms with Crippen molar-refractivity contribution in [1.82, 2.24) is 0 Å². The minimum absolute atomic E-state index is 0.262. The number of rotatable bonds is 14. The number of aliphatic imine (C=N–C) groups is 1. The number of nitrogens with zero attached hydrogens (tertiary/aromatic N) is 3. The highest BCUT2D eigenvalue weighted by atomic mass is 32.3. The quantitative estimate of drug-likeness (QED) is 0.0785. The minimum Gasteiger partial charge on any atom is -0.443 e. The molecule has 1 amide bonds. The summed E-state index contributed by atoms with van der Waals surface area (Å²) in [4.78, 5) is 26.0. The number of ether oxygens (including phenoxy) is 1. The van der Waals surface area contributed by atoms with Crippen LogP contribution in [0, 0.1) is 6.92 Å². The van der Waals surface area contributed by atoms with Crippen molar-refractivity contribution in [2.45, 2.75) is 76.4 Å². The first-order valence-corrected chi connectivity index (χ1v) is 16.2. The number of carbonyl (C=O) groups excluding carboxylic acids is 2. The molecule has 1 aromatic heterocycles. The van der Waals surface area contributed by atoms with Crippen molar-refractivity contribution in [3.05, 3.63) is 58.0 Å². The Morgan fingerprint density at radius 1 is 0.933 bits per heavy atom. The van der Waals surface area contributed by atoms with Gasteiger partial charge in [-0.25, -0.2) is 31.0 Å². The Morgan fingerprint density at radius 2 is 1.49 bits per heavy atom. The van der Waals surface area contributed by atoms with Crippen LogP contribution in [0.4, 0.5) is 42.5 Å². The number of aromatic nitrogens is 1. The number of amides is 1. The standard InChI is InChI=1S/C24H31N3O3.C2F6NO4S2/c1-3-4-5-6-7-8-9-21-12-14-27(15-13-21)16-17-30-24(29)26-22-11-10-20(2)23(18-22)25-19-28;3-1(4,5)14(10,11)9-15(12,13)2(6,7)8/h10-15,18H,3-9,16-17H2,1-2H3;/q;-1/p+1. The van der Waals surface area contributed by atoms with Crippen LogP contribution in [0.25, 0.3) is 4.13 Å². The van der Waals surface area contributed by atoms with Crippen LogP contribution in [-0.4, -0.2) is 46.6 Å². The third-order valence-electron chi connectivity index (χ3n) is 5.76. The lowest BCUT2D eigenvalue weighted by Crippen LogP contribution is -2.36. The second kappa shape index (κ2) is 17.8. The van der Waals surface area contributed by atoms with E-state index in [1.807, 2.05) is 23.9 Å². The number of isocyanates is 1. The highest BCUT2D eigenvalue weighted by Crippen LogP contribution is 2.36. The number of anilines is 1. The van der Waals surface area contributed by atoms with Gasteiger partial charge in [-0.15, -0.1) is 0 Å². The molecule has 0 bridgehead atoms. The second-order valence-corrected chi connectivity index (χ2v) is 12.8. The van der Waals surface area contributed by atoms with Gasteiger partial charge in [0, 0.05) is 17.8 Å². The van der Waals surface area contributed by atoms with E-state index in [9.17, 15) is 52.8 Å². The number of carbonyl (C=O) groups is 1. The number of halogens is 6. The number of hydrogen-bond donors (Lipinski definition) is 1. The molecule has 0 spiro atoms. The number of pyridine rings is 1. The summed E-state index contributed by atoms with van der Waals surface area (Å²) in [6, 6.07) is 9.38. The fraction of sp³-hybridized carbons (Fsp3) is 0.500. The van der Waals surface area contributed by atoms with Crippen molar-refractivity contribution in [2.75, 3.05) is 11.9 Å². The summed E-state index contributed by atoms with van der Waals surface area (Å²) in [5.74, 6) is 0. The Hall–Kier alpha value is -3.54. The molecule has 2 rings (SSSR count). The molecule has 45 heavy (non-hydrogen) atoms. The fourth-order valence-electron chi connectivity index (χ4n) is 3.38. The van der Waals surface area contributed by atoms with E-state index in [1.54, 1.807) is 18.2 Å². The van der Waals surface area contributed by atoms with Gasteiger partial charge in [0.05, 0.1) is 5.69 Å². The zero-order valence-corrected chi connectivity index (χ0v) is 25.8. The molecule has 0 fully saturated rings. The lowest BCUT2D eigenvalue weighted by atomic mass is 10.1. The molecular weight excluding hydrogens is 658 g/mol. The molecule has 0 radical (unpaired) electrons. The molecule has 252 valence electrons. The predicted molar refractivity (Wildman–Crippen MR) is 151 cm³/mol. The molecule has 0 atom stereocenters. The first-order chi connectivity index (χ1) is 20.8. The van der Waals surface area contributed by atoms with Gasteiger partial charge in [0.2, 0.25) is 6.08 Å². The van der Waals surface area contributed by atoms with Crippen molar-refractivity contribution in [2.24, 2.45) is 4.99 Å². The van der Waals surface area contributed by atoms with Gasteiger partial charge in [-0.05, 0) is 43.0 Å². The highest BCUT2D eigenvalue weighted by Gasteiger charge is 2.46. The summed E-state index contributed by atoms with van der Waals surface area (Å²) in [5, 5.41) is 2.64. The zero-order chi connectivity index (χ0) is 34.3. The predicted octanol–water partition coefficient (Wildman–Crippen LogP) is 6.46. The summed E-state index contributed by atoms with van der Waals surface area (Å²) < 4.78 is 116. The van der Waals surface area contributed by atoms with E-state index >= 15 is 0 Å². The first kappa shape index (κ1) is 39.5. The molecule has 1 heterocycles. The molecule has 0 saturated carbocycles. The topological polar surface area (TPSA) is 154 Å². The van der Waals surface area contributed by atoms with Crippen LogP contribution in [0.2, 0.25) is 0 Å². The van der Waals surface area contributed by atoms with Crippen molar-refractivity contribution in [3.63, 3.8) is 0 Å². The van der Waals surface area contributed by atoms with E-state index in [4.69, 9.17) is 4.74 Å². The molecule has 0 saturated heterocycles. The minimum atomic E-state index is -6.72. The zero-order valence-electron chi connectivity index (χ0n) is 24.2. The summed E-state index contributed by atoms with van der Waals surface area (Å²) in [7, 11) is -13.4. The van der Waals surface area contributed by atoms with Crippen LogP contribution in [0.5, 0.6) is 0 Å². The summed E-state index contributed by atoms with van der Waals surface area (Å²) in [6.07, 6.45) is 14.0. The van der Waals surface area contributed by atoms with Gasteiger partial charge in [-0.1, -0.05) is 45.1 Å². The SMILES string of the molecule is CCCCCCCCc1cc[n+](CCOC(=O)Nc2ccc(C)c(N=C=O)c2)cc1.O=S(=O)([N-]S(=O)(=O)C(F)(F)F)C(F)(F)F. The molecule has 0 aliphatic carbocycles. The fourth-order valence-corrected chi connectivity index (χ4v) is 5.09. The maximum atomic E-state index is 12.0. The second-order valence-electron chi connectivity index (χ2n) is 9.34. The van der Waals surface area contributed by atoms with Crippen molar-refractivity contribution < 1.29 is 62.1 Å². The van der Waals surface area contributed by atoms with Gasteiger partial charge >= 0.3 is 17.1 Å². The normalized spacial score (nSPS) is 12.0. The number of aryl methyl sites for hydroxylation is 2. The van der Waals surface area contributed by atoms with Crippen molar-refractivity contribution in [3.8, 4) is 0 Å². The van der Waals surface area contributed by atoms with Crippen molar-refractivity contribution in [1.29, 1.82) is 0 Å². The lowest BCUT2D eigenvalue weighted by Gasteiger charge is -2.22. The molecular formula is C26H32F6N4O7S2. The number of unbranched alkanes of at least 4 members (excludes halogenated alkanes) is 5. The average molecular weight is 691 g/mol. The van der Waals surface area contributed by atoms with E-state index in [-0.39, 0.29) is 6.61 Å². The van der Waals surface area contributed by atoms with Gasteiger partial charge in [0.25, 0.3) is 0 Å². The van der Waals surface area contributed by atoms with Crippen LogP contribution in [0.3, 0.4) is 0 Å². The third-order valence-corrected chi connectivity index (χ3v) is 8.50. The van der Waals surface area contributed by atoms with Gasteiger partial charge < -0.3 is 8.86 Å². The molecule has 1 N–H and O–H groups in total. The van der Waals surface area contributed by atoms with E-state index in [0.29, 0.717) is 17.9 Å². The molecule has 0 aliphatic heterocycles. The lowest BCUT2D eigenvalue weighted by molar-refractivity contribution is -0.697. The summed E-state index contributed by atoms with van der Waals surface area (Å²) in [6.45, 7) is 4.91. The smallest absolute Gasteiger partial charge is 0.443 e. The van der Waals surface area contributed by atoms with Crippen LogP contribution in [-0.2, 0) is 42.5 Å². The number of benzene rings is 1. The van der Waals surface area contributed by atoms with E-state index < -0.39 is 37.2 Å². The number of hydrogen-bond acceptors (Lipinski definition) is 8. The number of alkyl halides is 6. The Labute approximate surface area is 256 Å². The van der Waals surface area contributed by atoms with Gasteiger partial charge in [-0.3, -0.25) is 5.32 Å². The van der Waals surface area contributed by atoms with Gasteiger partial charge in [-0.2, -0.15) is 31.3 Å². The maximum absolute atomic E-state index is 12.0. The Bertz CT molecular complexity index is 1470. The monoisotopic (exact) mass is 690 g/mol. The average Bonchev–Trinajstić information content (AvgIpc) is 2.92. The summed E-state index contributed by atoms with van der Waals surface area (Å²) >= 11 is 0. The Morgan fingerprint density at radius 3 is 2.02 bits per heavy atom. The van der Waals surface area contributed by atoms with E-state index in [1.165, 1.54) is 50.2 Å². The molecule has 19 heteroatoms. The molecule has 11 nitrogen and oxygen atoms in total. The van der Waals surface area contributed by atoms with Crippen LogP contribution < -0.4 is 9.88 Å². The van der Waals surface area contributed by atoms with Crippen molar-refractivity contribution >= 4 is 43.6 Å². The van der Waals surface area contributed by atoms with Crippen LogP contribution >= 0.6 is 0 Å². The molecule has 2 aromatic rings. The Balaban J connectivity index is 0.000000570. The Kier molecular flexibility index (Phi) is 15.6.